The van der Waals surface area contributed by atoms with Crippen molar-refractivity contribution in [1.82, 2.24) is 0 Å². The highest BCUT2D eigenvalue weighted by atomic mass is 16.6. The van der Waals surface area contributed by atoms with Crippen molar-refractivity contribution in [3.05, 3.63) is 23.3 Å². The Morgan fingerprint density at radius 2 is 1.49 bits per heavy atom. The summed E-state index contributed by atoms with van der Waals surface area (Å²) in [6.07, 6.45) is -4.94. The number of phenolic OH excluding ortho intramolecular Hbond substituents is 2. The molecule has 1 rings (SSSR count). The molecule has 0 bridgehead atoms. The molecule has 12 nitrogen and oxygen atoms in total. The van der Waals surface area contributed by atoms with Crippen molar-refractivity contribution < 1.29 is 58.6 Å². The smallest absolute Gasteiger partial charge is 0.342 e. The Hall–Kier alpha value is -3.38. The second-order valence-electron chi connectivity index (χ2n) is 8.05. The fraction of sp³-hybridized carbons (Fsp3) is 0.565. The third-order valence-electron chi connectivity index (χ3n) is 4.58. The summed E-state index contributed by atoms with van der Waals surface area (Å²) < 4.78 is 19.9. The minimum atomic E-state index is -1.17. The number of ether oxygens (including phenoxy) is 4. The number of aromatic hydroxyl groups is 2. The first-order valence-corrected chi connectivity index (χ1v) is 10.9. The molecule has 0 aliphatic rings. The molecule has 0 saturated heterocycles. The molecule has 0 saturated carbocycles. The van der Waals surface area contributed by atoms with Gasteiger partial charge in [-0.25, -0.2) is 4.79 Å². The van der Waals surface area contributed by atoms with Gasteiger partial charge in [0.25, 0.3) is 0 Å². The number of hydrogen-bond acceptors (Lipinski definition) is 12. The molecule has 0 radical (unpaired) electrons. The predicted octanol–water partition coefficient (Wildman–Crippen LogP) is 0.745. The number of rotatable bonds is 13. The first-order valence-electron chi connectivity index (χ1n) is 10.9. The Labute approximate surface area is 202 Å². The van der Waals surface area contributed by atoms with E-state index < -0.39 is 67.1 Å². The average Bonchev–Trinajstić information content (AvgIpc) is 2.71. The Bertz CT molecular complexity index is 895. The van der Waals surface area contributed by atoms with Crippen LogP contribution in [0.25, 0.3) is 0 Å². The van der Waals surface area contributed by atoms with E-state index in [9.17, 15) is 39.6 Å². The Morgan fingerprint density at radius 1 is 0.857 bits per heavy atom. The fourth-order valence-electron chi connectivity index (χ4n) is 3.10. The first-order chi connectivity index (χ1) is 16.4. The number of benzene rings is 1. The molecular formula is C23H32O12. The zero-order chi connectivity index (χ0) is 26.7. The van der Waals surface area contributed by atoms with Gasteiger partial charge in [-0.1, -0.05) is 0 Å². The second kappa shape index (κ2) is 14.1. The number of methoxy groups -OCH3 is 1. The van der Waals surface area contributed by atoms with Gasteiger partial charge in [0, 0.05) is 12.5 Å². The molecule has 0 aliphatic carbocycles. The van der Waals surface area contributed by atoms with Gasteiger partial charge in [-0.15, -0.1) is 0 Å². The van der Waals surface area contributed by atoms with E-state index in [1.807, 2.05) is 0 Å². The lowest BCUT2D eigenvalue weighted by atomic mass is 10.00. The average molecular weight is 500 g/mol. The van der Waals surface area contributed by atoms with Crippen molar-refractivity contribution in [2.75, 3.05) is 13.7 Å². The summed E-state index contributed by atoms with van der Waals surface area (Å²) >= 11 is 0. The van der Waals surface area contributed by atoms with Crippen LogP contribution in [0.1, 0.15) is 56.0 Å². The summed E-state index contributed by atoms with van der Waals surface area (Å²) in [6, 6.07) is 2.13. The molecule has 0 aromatic heterocycles. The van der Waals surface area contributed by atoms with Crippen LogP contribution in [-0.4, -0.2) is 82.4 Å². The van der Waals surface area contributed by atoms with Gasteiger partial charge in [0.1, 0.15) is 35.4 Å². The highest BCUT2D eigenvalue weighted by Crippen LogP contribution is 2.30. The number of carbonyl (C=O) groups is 4. The number of carbonyl (C=O) groups excluding carboxylic acids is 4. The number of aliphatic hydroxyl groups is 2. The highest BCUT2D eigenvalue weighted by Gasteiger charge is 2.25. The van der Waals surface area contributed by atoms with Crippen molar-refractivity contribution in [3.63, 3.8) is 0 Å². The van der Waals surface area contributed by atoms with Crippen LogP contribution in [0, 0.1) is 0 Å². The summed E-state index contributed by atoms with van der Waals surface area (Å²) in [7, 11) is 1.19. The van der Waals surface area contributed by atoms with Gasteiger partial charge in [-0.2, -0.15) is 0 Å². The topological polar surface area (TPSA) is 186 Å². The quantitative estimate of drug-likeness (QED) is 0.220. The normalized spacial score (nSPS) is 14.2. The minimum Gasteiger partial charge on any atom is -0.508 e. The zero-order valence-electron chi connectivity index (χ0n) is 20.1. The largest absolute Gasteiger partial charge is 0.508 e. The lowest BCUT2D eigenvalue weighted by Gasteiger charge is -2.19. The molecule has 4 atom stereocenters. The molecule has 196 valence electrons. The summed E-state index contributed by atoms with van der Waals surface area (Å²) in [4.78, 5) is 47.9. The lowest BCUT2D eigenvalue weighted by Crippen LogP contribution is -2.29. The Kier molecular flexibility index (Phi) is 12.0. The third kappa shape index (κ3) is 10.6. The van der Waals surface area contributed by atoms with Gasteiger partial charge < -0.3 is 39.4 Å². The SMILES string of the molecule is COC(=O)C[C@@H](C)OC(=O)c1c(O)cc(O)cc1C[C@@H](C)OC(=O)C[C@@H](CO)OC(=O)C[C@@H](C)O. The zero-order valence-corrected chi connectivity index (χ0v) is 20.1. The molecule has 35 heavy (non-hydrogen) atoms. The Balaban J connectivity index is 2.86. The van der Waals surface area contributed by atoms with Crippen molar-refractivity contribution in [2.24, 2.45) is 0 Å². The maximum Gasteiger partial charge on any atom is 0.342 e. The fourth-order valence-corrected chi connectivity index (χ4v) is 3.10. The van der Waals surface area contributed by atoms with Crippen LogP contribution in [0.3, 0.4) is 0 Å². The first kappa shape index (κ1) is 29.7. The van der Waals surface area contributed by atoms with E-state index in [0.29, 0.717) is 0 Å². The van der Waals surface area contributed by atoms with Gasteiger partial charge in [0.15, 0.2) is 0 Å². The Morgan fingerprint density at radius 3 is 2.06 bits per heavy atom. The molecule has 0 amide bonds. The highest BCUT2D eigenvalue weighted by molar-refractivity contribution is 5.94. The van der Waals surface area contributed by atoms with Crippen molar-refractivity contribution in [3.8, 4) is 11.5 Å². The monoisotopic (exact) mass is 500 g/mol. The van der Waals surface area contributed by atoms with Crippen LogP contribution in [-0.2, 0) is 39.8 Å². The molecule has 0 aliphatic heterocycles. The summed E-state index contributed by atoms with van der Waals surface area (Å²) in [5.41, 5.74) is -0.164. The summed E-state index contributed by atoms with van der Waals surface area (Å²) in [5, 5.41) is 38.6. The van der Waals surface area contributed by atoms with E-state index in [0.717, 1.165) is 6.07 Å². The molecule has 4 N–H and O–H groups in total. The number of phenols is 2. The molecule has 12 heteroatoms. The molecule has 1 aromatic rings. The standard InChI is InChI=1S/C23H32O12/c1-12(25)5-20(29)35-17(11-24)10-21(30)33-13(2)6-15-8-16(26)9-18(27)22(15)23(31)34-14(3)7-19(28)32-4/h8-9,12-14,17,24-27H,5-7,10-11H2,1-4H3/t12-,13-,14-,17+/m1/s1. The van der Waals surface area contributed by atoms with E-state index in [2.05, 4.69) is 4.74 Å². The van der Waals surface area contributed by atoms with Crippen molar-refractivity contribution in [1.29, 1.82) is 0 Å². The van der Waals surface area contributed by atoms with Crippen LogP contribution in [0.15, 0.2) is 12.1 Å². The van der Waals surface area contributed by atoms with E-state index >= 15 is 0 Å². The predicted molar refractivity (Wildman–Crippen MR) is 118 cm³/mol. The molecule has 0 heterocycles. The lowest BCUT2D eigenvalue weighted by molar-refractivity contribution is -0.160. The van der Waals surface area contributed by atoms with Crippen LogP contribution in [0.4, 0.5) is 0 Å². The molecule has 1 aromatic carbocycles. The van der Waals surface area contributed by atoms with Gasteiger partial charge in [-0.3, -0.25) is 14.4 Å². The van der Waals surface area contributed by atoms with Crippen molar-refractivity contribution in [2.45, 2.75) is 70.9 Å². The number of esters is 4. The van der Waals surface area contributed by atoms with E-state index in [1.54, 1.807) is 0 Å². The van der Waals surface area contributed by atoms with Crippen LogP contribution >= 0.6 is 0 Å². The van der Waals surface area contributed by atoms with E-state index in [-0.39, 0.29) is 36.1 Å². The van der Waals surface area contributed by atoms with Crippen LogP contribution in [0.5, 0.6) is 11.5 Å². The van der Waals surface area contributed by atoms with Gasteiger partial charge in [-0.05, 0) is 32.4 Å². The molecule has 0 fully saturated rings. The summed E-state index contributed by atoms with van der Waals surface area (Å²) in [6.45, 7) is 3.69. The van der Waals surface area contributed by atoms with Crippen LogP contribution in [0.2, 0.25) is 0 Å². The maximum absolute atomic E-state index is 12.6. The number of aliphatic hydroxyl groups excluding tert-OH is 2. The van der Waals surface area contributed by atoms with Gasteiger partial charge in [0.2, 0.25) is 0 Å². The van der Waals surface area contributed by atoms with E-state index in [4.69, 9.17) is 14.2 Å². The molecule has 0 unspecified atom stereocenters. The second-order valence-corrected chi connectivity index (χ2v) is 8.05. The number of hydrogen-bond donors (Lipinski definition) is 4. The van der Waals surface area contributed by atoms with Gasteiger partial charge in [0.05, 0.1) is 39.1 Å². The molecular weight excluding hydrogens is 468 g/mol. The molecule has 0 spiro atoms. The third-order valence-corrected chi connectivity index (χ3v) is 4.58. The summed E-state index contributed by atoms with van der Waals surface area (Å²) in [5.74, 6) is -4.09. The van der Waals surface area contributed by atoms with Gasteiger partial charge >= 0.3 is 23.9 Å². The minimum absolute atomic E-state index is 0.111. The van der Waals surface area contributed by atoms with E-state index in [1.165, 1.54) is 33.9 Å². The van der Waals surface area contributed by atoms with Crippen LogP contribution < -0.4 is 0 Å². The van der Waals surface area contributed by atoms with Crippen molar-refractivity contribution >= 4 is 23.9 Å². The maximum atomic E-state index is 12.6.